The van der Waals surface area contributed by atoms with E-state index in [1.807, 2.05) is 18.2 Å². The molecule has 0 bridgehead atoms. The molecule has 152 valence electrons. The van der Waals surface area contributed by atoms with Crippen LogP contribution in [-0.2, 0) is 9.47 Å². The Bertz CT molecular complexity index is 946. The van der Waals surface area contributed by atoms with Gasteiger partial charge in [0, 0.05) is 11.3 Å². The van der Waals surface area contributed by atoms with Gasteiger partial charge in [-0.1, -0.05) is 54.6 Å². The largest absolute Gasteiger partial charge is 0.449 e. The molecule has 2 aromatic carbocycles. The van der Waals surface area contributed by atoms with Gasteiger partial charge in [-0.15, -0.1) is 0 Å². The van der Waals surface area contributed by atoms with Crippen LogP contribution in [0.1, 0.15) is 38.2 Å². The summed E-state index contributed by atoms with van der Waals surface area (Å²) in [5.41, 5.74) is 3.63. The number of nitrogens with one attached hydrogen (secondary N) is 1. The normalized spacial score (nSPS) is 21.2. The van der Waals surface area contributed by atoms with Crippen molar-refractivity contribution in [3.8, 4) is 0 Å². The van der Waals surface area contributed by atoms with Crippen molar-refractivity contribution in [3.05, 3.63) is 60.2 Å². The van der Waals surface area contributed by atoms with Crippen LogP contribution in [0.4, 0.5) is 9.59 Å². The van der Waals surface area contributed by atoms with E-state index in [-0.39, 0.29) is 30.6 Å². The molecule has 2 aromatic rings. The molecule has 1 saturated carbocycles. The summed E-state index contributed by atoms with van der Waals surface area (Å²) in [6, 6.07) is 14.2. The topological polar surface area (TPSA) is 67.9 Å². The predicted molar refractivity (Wildman–Crippen MR) is 110 cm³/mol. The highest BCUT2D eigenvalue weighted by molar-refractivity contribution is 5.87. The van der Waals surface area contributed by atoms with Crippen molar-refractivity contribution in [1.29, 1.82) is 0 Å². The summed E-state index contributed by atoms with van der Waals surface area (Å²) in [7, 11) is 0. The zero-order valence-corrected chi connectivity index (χ0v) is 16.8. The molecule has 2 aliphatic rings. The molecule has 2 amide bonds. The third-order valence-corrected chi connectivity index (χ3v) is 5.80. The lowest BCUT2D eigenvalue weighted by Crippen LogP contribution is -2.56. The summed E-state index contributed by atoms with van der Waals surface area (Å²) in [6.45, 7) is 3.93. The van der Waals surface area contributed by atoms with Gasteiger partial charge in [-0.25, -0.2) is 20.0 Å². The van der Waals surface area contributed by atoms with E-state index in [0.717, 1.165) is 29.2 Å². The van der Waals surface area contributed by atoms with E-state index in [0.29, 0.717) is 0 Å². The van der Waals surface area contributed by atoms with Crippen molar-refractivity contribution in [2.45, 2.75) is 38.6 Å². The van der Waals surface area contributed by atoms with Gasteiger partial charge in [0.2, 0.25) is 0 Å². The number of carbonyl (C=O) groups is 2. The van der Waals surface area contributed by atoms with Crippen LogP contribution in [0.3, 0.4) is 0 Å². The van der Waals surface area contributed by atoms with E-state index < -0.39 is 12.2 Å². The first-order chi connectivity index (χ1) is 14.1. The molecule has 0 heterocycles. The van der Waals surface area contributed by atoms with Gasteiger partial charge in [-0.3, -0.25) is 0 Å². The molecular weight excluding hydrogens is 368 g/mol. The van der Waals surface area contributed by atoms with E-state index in [2.05, 4.69) is 41.8 Å². The van der Waals surface area contributed by atoms with E-state index in [1.54, 1.807) is 13.8 Å². The number of hydrogen-bond acceptors (Lipinski definition) is 4. The van der Waals surface area contributed by atoms with Crippen molar-refractivity contribution >= 4 is 23.0 Å². The van der Waals surface area contributed by atoms with Gasteiger partial charge in [-0.2, -0.15) is 0 Å². The van der Waals surface area contributed by atoms with Crippen LogP contribution in [0.25, 0.3) is 10.8 Å². The van der Waals surface area contributed by atoms with Crippen LogP contribution < -0.4 is 5.43 Å². The molecule has 0 unspecified atom stereocenters. The molecule has 0 aliphatic heterocycles. The van der Waals surface area contributed by atoms with Gasteiger partial charge < -0.3 is 9.47 Å². The summed E-state index contributed by atoms with van der Waals surface area (Å²) < 4.78 is 10.3. The molecule has 6 heteroatoms. The first-order valence-corrected chi connectivity index (χ1v) is 10.2. The lowest BCUT2D eigenvalue weighted by atomic mass is 9.85. The van der Waals surface area contributed by atoms with Gasteiger partial charge in [0.1, 0.15) is 0 Å². The summed E-state index contributed by atoms with van der Waals surface area (Å²) >= 11 is 0. The number of ether oxygens (including phenoxy) is 2. The number of nitrogens with zero attached hydrogens (tertiary/aromatic N) is 1. The molecular formula is C23H26N2O4. The van der Waals surface area contributed by atoms with Crippen LogP contribution in [-0.4, -0.2) is 36.5 Å². The van der Waals surface area contributed by atoms with E-state index in [9.17, 15) is 9.59 Å². The van der Waals surface area contributed by atoms with Gasteiger partial charge in [0.15, 0.2) is 0 Å². The minimum atomic E-state index is -0.653. The lowest BCUT2D eigenvalue weighted by Gasteiger charge is -2.36. The highest BCUT2D eigenvalue weighted by Gasteiger charge is 2.57. The van der Waals surface area contributed by atoms with Gasteiger partial charge in [-0.05, 0) is 43.0 Å². The molecule has 0 saturated heterocycles. The van der Waals surface area contributed by atoms with Crippen LogP contribution in [0.15, 0.2) is 54.6 Å². The fourth-order valence-electron chi connectivity index (χ4n) is 4.38. The van der Waals surface area contributed by atoms with Crippen LogP contribution >= 0.6 is 0 Å². The zero-order valence-electron chi connectivity index (χ0n) is 16.8. The molecule has 0 radical (unpaired) electrons. The lowest BCUT2D eigenvalue weighted by molar-refractivity contribution is 0.0416. The predicted octanol–water partition coefficient (Wildman–Crippen LogP) is 4.76. The third-order valence-electron chi connectivity index (χ3n) is 5.80. The second-order valence-corrected chi connectivity index (χ2v) is 7.53. The van der Waals surface area contributed by atoms with E-state index >= 15 is 0 Å². The summed E-state index contributed by atoms with van der Waals surface area (Å²) in [5.74, 6) is -0.0602. The molecule has 1 N–H and O–H groups in total. The minimum Gasteiger partial charge on any atom is -0.449 e. The minimum absolute atomic E-state index is 0.0602. The Morgan fingerprint density at radius 2 is 1.79 bits per heavy atom. The Morgan fingerprint density at radius 3 is 2.52 bits per heavy atom. The third kappa shape index (κ3) is 3.55. The van der Waals surface area contributed by atoms with Crippen molar-refractivity contribution in [3.63, 3.8) is 0 Å². The average molecular weight is 394 g/mol. The maximum Gasteiger partial charge on any atom is 0.429 e. The van der Waals surface area contributed by atoms with Crippen LogP contribution in [0, 0.1) is 5.41 Å². The molecule has 0 aromatic heterocycles. The Kier molecular flexibility index (Phi) is 5.18. The molecule has 29 heavy (non-hydrogen) atoms. The van der Waals surface area contributed by atoms with Crippen molar-refractivity contribution in [2.75, 3.05) is 13.2 Å². The molecule has 6 nitrogen and oxygen atoms in total. The van der Waals surface area contributed by atoms with Gasteiger partial charge in [0.25, 0.3) is 0 Å². The van der Waals surface area contributed by atoms with E-state index in [4.69, 9.17) is 9.47 Å². The standard InChI is InChI=1S/C23H26N2O4/c1-3-28-21(26)24-25(22(27)29-4-2)20-19(12-13-23(20)14-15-23)18-11-7-9-16-8-5-6-10-17(16)18/h5-13,19-20H,3-4,14-15H2,1-2H3,(H,24,26)/t19-,20-/m1/s1. The second-order valence-electron chi connectivity index (χ2n) is 7.53. The molecule has 4 rings (SSSR count). The molecule has 1 spiro atoms. The Morgan fingerprint density at radius 1 is 1.07 bits per heavy atom. The number of carbonyl (C=O) groups excluding carboxylic acids is 2. The van der Waals surface area contributed by atoms with Crippen molar-refractivity contribution < 1.29 is 19.1 Å². The average Bonchev–Trinajstić information content (AvgIpc) is 3.40. The SMILES string of the molecule is CCOC(=O)NN(C(=O)OCC)[C@@H]1[C@@H](c2cccc3ccccc23)C=CC12CC2. The monoisotopic (exact) mass is 394 g/mol. The summed E-state index contributed by atoms with van der Waals surface area (Å²) in [6.07, 6.45) is 5.08. The zero-order chi connectivity index (χ0) is 20.4. The highest BCUT2D eigenvalue weighted by Crippen LogP contribution is 2.60. The van der Waals surface area contributed by atoms with Crippen molar-refractivity contribution in [2.24, 2.45) is 5.41 Å². The number of hydrazine groups is 1. The number of benzene rings is 2. The second kappa shape index (κ2) is 7.78. The summed E-state index contributed by atoms with van der Waals surface area (Å²) in [4.78, 5) is 25.0. The quantitative estimate of drug-likeness (QED) is 0.600. The van der Waals surface area contributed by atoms with E-state index in [1.165, 1.54) is 5.01 Å². The number of rotatable bonds is 4. The number of fused-ring (bicyclic) bond motifs is 1. The fraction of sp³-hybridized carbons (Fsp3) is 0.391. The molecule has 2 atom stereocenters. The number of amides is 2. The summed E-state index contributed by atoms with van der Waals surface area (Å²) in [5, 5.41) is 3.64. The maximum atomic E-state index is 12.8. The fourth-order valence-corrected chi connectivity index (χ4v) is 4.38. The number of hydrogen-bond donors (Lipinski definition) is 1. The smallest absolute Gasteiger partial charge is 0.429 e. The maximum absolute atomic E-state index is 12.8. The first-order valence-electron chi connectivity index (χ1n) is 10.2. The molecule has 1 fully saturated rings. The Labute approximate surface area is 170 Å². The van der Waals surface area contributed by atoms with Crippen LogP contribution in [0.5, 0.6) is 0 Å². The van der Waals surface area contributed by atoms with Gasteiger partial charge >= 0.3 is 12.2 Å². The first kappa shape index (κ1) is 19.3. The van der Waals surface area contributed by atoms with Gasteiger partial charge in [0.05, 0.1) is 19.3 Å². The molecule has 2 aliphatic carbocycles. The van der Waals surface area contributed by atoms with Crippen molar-refractivity contribution in [1.82, 2.24) is 10.4 Å². The Balaban J connectivity index is 1.75. The van der Waals surface area contributed by atoms with Crippen LogP contribution in [0.2, 0.25) is 0 Å². The Hall–Kier alpha value is -3.02. The highest BCUT2D eigenvalue weighted by atomic mass is 16.6.